The third-order valence-electron chi connectivity index (χ3n) is 4.84. The fourth-order valence-corrected chi connectivity index (χ4v) is 4.87. The van der Waals surface area contributed by atoms with Gasteiger partial charge in [-0.05, 0) is 69.0 Å². The molecule has 1 aliphatic carbocycles. The van der Waals surface area contributed by atoms with Crippen molar-refractivity contribution in [3.8, 4) is 0 Å². The second-order valence-electron chi connectivity index (χ2n) is 6.46. The Morgan fingerprint density at radius 2 is 2.09 bits per heavy atom. The molecule has 1 amide bonds. The molecule has 3 rings (SSSR count). The number of amides is 1. The van der Waals surface area contributed by atoms with E-state index in [1.165, 1.54) is 42.5 Å². The van der Waals surface area contributed by atoms with Crippen LogP contribution >= 0.6 is 23.7 Å². The van der Waals surface area contributed by atoms with Crippen molar-refractivity contribution < 1.29 is 4.79 Å². The van der Waals surface area contributed by atoms with Gasteiger partial charge in [0, 0.05) is 18.0 Å². The summed E-state index contributed by atoms with van der Waals surface area (Å²) in [5.74, 6) is 0.861. The van der Waals surface area contributed by atoms with Gasteiger partial charge in [0.05, 0.1) is 4.88 Å². The number of carbonyl (C=O) groups is 1. The Kier molecular flexibility index (Phi) is 6.72. The van der Waals surface area contributed by atoms with E-state index < -0.39 is 0 Å². The second-order valence-corrected chi connectivity index (χ2v) is 7.59. The van der Waals surface area contributed by atoms with Crippen LogP contribution in [0.1, 0.15) is 58.6 Å². The molecule has 22 heavy (non-hydrogen) atoms. The van der Waals surface area contributed by atoms with E-state index in [4.69, 9.17) is 5.73 Å². The van der Waals surface area contributed by atoms with Gasteiger partial charge in [-0.15, -0.1) is 23.7 Å². The fourth-order valence-electron chi connectivity index (χ4n) is 3.65. The van der Waals surface area contributed by atoms with Gasteiger partial charge in [-0.3, -0.25) is 4.79 Å². The van der Waals surface area contributed by atoms with Gasteiger partial charge in [0.15, 0.2) is 0 Å². The van der Waals surface area contributed by atoms with E-state index in [2.05, 4.69) is 11.0 Å². The highest BCUT2D eigenvalue weighted by Crippen LogP contribution is 2.30. The molecule has 5 heteroatoms. The highest BCUT2D eigenvalue weighted by Gasteiger charge is 2.26. The Labute approximate surface area is 143 Å². The summed E-state index contributed by atoms with van der Waals surface area (Å²) in [6, 6.07) is 2.18. The van der Waals surface area contributed by atoms with Gasteiger partial charge in [-0.2, -0.15) is 0 Å². The summed E-state index contributed by atoms with van der Waals surface area (Å²) in [5.41, 5.74) is 7.11. The molecule has 1 fully saturated rings. The molecule has 1 atom stereocenters. The number of likely N-dealkylation sites (tertiary alicyclic amines) is 1. The number of halogens is 1. The quantitative estimate of drug-likeness (QED) is 0.852. The molecular weight excluding hydrogens is 316 g/mol. The van der Waals surface area contributed by atoms with Crippen molar-refractivity contribution in [2.45, 2.75) is 51.4 Å². The highest BCUT2D eigenvalue weighted by atomic mass is 35.5. The number of piperidine rings is 1. The smallest absolute Gasteiger partial charge is 0.263 e. The SMILES string of the molecule is Cl.NCCC1CCCN(C(=O)c2cc3c(s2)CCCCC3)C1. The van der Waals surface area contributed by atoms with Crippen LogP contribution in [0.2, 0.25) is 0 Å². The minimum atomic E-state index is 0. The summed E-state index contributed by atoms with van der Waals surface area (Å²) in [6.07, 6.45) is 9.62. The lowest BCUT2D eigenvalue weighted by Crippen LogP contribution is -2.40. The first kappa shape index (κ1) is 17.8. The average Bonchev–Trinajstić information content (AvgIpc) is 2.78. The van der Waals surface area contributed by atoms with Crippen molar-refractivity contribution in [1.29, 1.82) is 0 Å². The lowest BCUT2D eigenvalue weighted by molar-refractivity contribution is 0.0674. The third-order valence-corrected chi connectivity index (χ3v) is 6.06. The van der Waals surface area contributed by atoms with Crippen molar-refractivity contribution in [3.63, 3.8) is 0 Å². The van der Waals surface area contributed by atoms with E-state index in [0.29, 0.717) is 5.92 Å². The number of fused-ring (bicyclic) bond motifs is 1. The van der Waals surface area contributed by atoms with Crippen molar-refractivity contribution >= 4 is 29.7 Å². The van der Waals surface area contributed by atoms with Gasteiger partial charge in [0.1, 0.15) is 0 Å². The molecule has 1 saturated heterocycles. The Balaban J connectivity index is 0.00000176. The maximum atomic E-state index is 12.8. The Morgan fingerprint density at radius 1 is 1.27 bits per heavy atom. The van der Waals surface area contributed by atoms with E-state index in [-0.39, 0.29) is 18.3 Å². The first-order valence-corrected chi connectivity index (χ1v) is 9.20. The summed E-state index contributed by atoms with van der Waals surface area (Å²) >= 11 is 1.75. The minimum absolute atomic E-state index is 0. The van der Waals surface area contributed by atoms with E-state index in [9.17, 15) is 4.79 Å². The molecule has 3 nitrogen and oxygen atoms in total. The molecule has 1 aromatic heterocycles. The normalized spacial score (nSPS) is 21.7. The van der Waals surface area contributed by atoms with Gasteiger partial charge in [-0.1, -0.05) is 6.42 Å². The maximum Gasteiger partial charge on any atom is 0.263 e. The van der Waals surface area contributed by atoms with Crippen LogP contribution in [0.3, 0.4) is 0 Å². The summed E-state index contributed by atoms with van der Waals surface area (Å²) in [6.45, 7) is 2.56. The van der Waals surface area contributed by atoms with E-state index in [0.717, 1.165) is 43.8 Å². The zero-order valence-corrected chi connectivity index (χ0v) is 14.8. The van der Waals surface area contributed by atoms with Crippen LogP contribution in [0.4, 0.5) is 0 Å². The first-order valence-electron chi connectivity index (χ1n) is 8.39. The van der Waals surface area contributed by atoms with Crippen molar-refractivity contribution in [2.24, 2.45) is 11.7 Å². The van der Waals surface area contributed by atoms with E-state index in [1.807, 2.05) is 0 Å². The molecule has 2 aliphatic rings. The first-order chi connectivity index (χ1) is 10.3. The third kappa shape index (κ3) is 4.03. The number of aryl methyl sites for hydroxylation is 2. The molecule has 1 aliphatic heterocycles. The van der Waals surface area contributed by atoms with Crippen LogP contribution in [0.5, 0.6) is 0 Å². The second kappa shape index (κ2) is 8.32. The average molecular weight is 343 g/mol. The summed E-state index contributed by atoms with van der Waals surface area (Å²) in [7, 11) is 0. The van der Waals surface area contributed by atoms with Crippen molar-refractivity contribution in [2.75, 3.05) is 19.6 Å². The largest absolute Gasteiger partial charge is 0.338 e. The van der Waals surface area contributed by atoms with Gasteiger partial charge in [-0.25, -0.2) is 0 Å². The molecule has 0 bridgehead atoms. The lowest BCUT2D eigenvalue weighted by Gasteiger charge is -2.32. The molecule has 1 aromatic rings. The zero-order chi connectivity index (χ0) is 14.7. The zero-order valence-electron chi connectivity index (χ0n) is 13.2. The van der Waals surface area contributed by atoms with Crippen molar-refractivity contribution in [3.05, 3.63) is 21.4 Å². The van der Waals surface area contributed by atoms with Crippen LogP contribution in [0.25, 0.3) is 0 Å². The van der Waals surface area contributed by atoms with Gasteiger partial charge >= 0.3 is 0 Å². The van der Waals surface area contributed by atoms with Crippen LogP contribution in [-0.4, -0.2) is 30.4 Å². The number of rotatable bonds is 3. The maximum absolute atomic E-state index is 12.8. The number of nitrogens with zero attached hydrogens (tertiary/aromatic N) is 1. The van der Waals surface area contributed by atoms with Gasteiger partial charge < -0.3 is 10.6 Å². The number of carbonyl (C=O) groups excluding carboxylic acids is 1. The Morgan fingerprint density at radius 3 is 2.91 bits per heavy atom. The number of hydrogen-bond donors (Lipinski definition) is 1. The van der Waals surface area contributed by atoms with Crippen LogP contribution in [-0.2, 0) is 12.8 Å². The molecular formula is C17H27ClN2OS. The predicted octanol–water partition coefficient (Wildman–Crippen LogP) is 3.64. The standard InChI is InChI=1S/C17H26N2OS.ClH/c18-9-8-13-5-4-10-19(12-13)17(20)16-11-14-6-2-1-3-7-15(14)21-16;/h11,13H,1-10,12,18H2;1H. The van der Waals surface area contributed by atoms with Crippen LogP contribution in [0.15, 0.2) is 6.07 Å². The highest BCUT2D eigenvalue weighted by molar-refractivity contribution is 7.14. The van der Waals surface area contributed by atoms with Gasteiger partial charge in [0.2, 0.25) is 0 Å². The van der Waals surface area contributed by atoms with E-state index in [1.54, 1.807) is 11.3 Å². The monoisotopic (exact) mass is 342 g/mol. The van der Waals surface area contributed by atoms with E-state index >= 15 is 0 Å². The van der Waals surface area contributed by atoms with Crippen molar-refractivity contribution in [1.82, 2.24) is 4.90 Å². The number of thiophene rings is 1. The number of hydrogen-bond acceptors (Lipinski definition) is 3. The summed E-state index contributed by atoms with van der Waals surface area (Å²) in [4.78, 5) is 17.3. The molecule has 1 unspecified atom stereocenters. The summed E-state index contributed by atoms with van der Waals surface area (Å²) < 4.78 is 0. The topological polar surface area (TPSA) is 46.3 Å². The molecule has 2 heterocycles. The van der Waals surface area contributed by atoms with Gasteiger partial charge in [0.25, 0.3) is 5.91 Å². The molecule has 124 valence electrons. The predicted molar refractivity (Wildman–Crippen MR) is 95.1 cm³/mol. The molecule has 0 aromatic carbocycles. The minimum Gasteiger partial charge on any atom is -0.338 e. The van der Waals surface area contributed by atoms with Crippen LogP contribution < -0.4 is 5.73 Å². The fraction of sp³-hybridized carbons (Fsp3) is 0.706. The lowest BCUT2D eigenvalue weighted by atomic mass is 9.95. The van der Waals surface area contributed by atoms with Crippen LogP contribution in [0, 0.1) is 5.92 Å². The molecule has 2 N–H and O–H groups in total. The molecule has 0 saturated carbocycles. The molecule has 0 spiro atoms. The summed E-state index contributed by atoms with van der Waals surface area (Å²) in [5, 5.41) is 0. The Bertz CT molecular complexity index is 477. The Hall–Kier alpha value is -0.580. The number of nitrogens with two attached hydrogens (primary N) is 1. The molecule has 0 radical (unpaired) electrons.